The Labute approximate surface area is 124 Å². The summed E-state index contributed by atoms with van der Waals surface area (Å²) in [5, 5.41) is 6.94. The third-order valence-electron chi connectivity index (χ3n) is 3.49. The zero-order valence-electron chi connectivity index (χ0n) is 13.1. The lowest BCUT2D eigenvalue weighted by atomic mass is 10.0. The standard InChI is InChI=1S/C17H31N3/c1-15(2)17-8-6-16(7-9-17)14-20-13-5-12-19-11-4-3-10-18/h6-9,15,19-20H,3-5,10-14,18H2,1-2H3. The van der Waals surface area contributed by atoms with Crippen LogP contribution in [0.15, 0.2) is 24.3 Å². The summed E-state index contributed by atoms with van der Waals surface area (Å²) in [6.07, 6.45) is 3.48. The Bertz CT molecular complexity index is 333. The fourth-order valence-electron chi connectivity index (χ4n) is 2.11. The van der Waals surface area contributed by atoms with Crippen molar-refractivity contribution in [3.8, 4) is 0 Å². The van der Waals surface area contributed by atoms with Gasteiger partial charge in [0.15, 0.2) is 0 Å². The molecule has 114 valence electrons. The summed E-state index contributed by atoms with van der Waals surface area (Å²) in [5.74, 6) is 0.613. The van der Waals surface area contributed by atoms with Crippen molar-refractivity contribution in [3.05, 3.63) is 35.4 Å². The number of nitrogens with one attached hydrogen (secondary N) is 2. The van der Waals surface area contributed by atoms with E-state index < -0.39 is 0 Å². The molecule has 4 N–H and O–H groups in total. The topological polar surface area (TPSA) is 50.1 Å². The lowest BCUT2D eigenvalue weighted by molar-refractivity contribution is 0.576. The van der Waals surface area contributed by atoms with Crippen LogP contribution in [0, 0.1) is 0 Å². The second-order valence-electron chi connectivity index (χ2n) is 5.67. The minimum atomic E-state index is 0.613. The van der Waals surface area contributed by atoms with E-state index in [9.17, 15) is 0 Å². The zero-order valence-corrected chi connectivity index (χ0v) is 13.1. The van der Waals surface area contributed by atoms with E-state index >= 15 is 0 Å². The van der Waals surface area contributed by atoms with Crippen LogP contribution < -0.4 is 16.4 Å². The number of unbranched alkanes of at least 4 members (excludes halogenated alkanes) is 1. The Balaban J connectivity index is 2.01. The van der Waals surface area contributed by atoms with Crippen molar-refractivity contribution in [2.45, 2.75) is 45.6 Å². The SMILES string of the molecule is CC(C)c1ccc(CNCCCNCCCCN)cc1. The number of hydrogen-bond acceptors (Lipinski definition) is 3. The van der Waals surface area contributed by atoms with Crippen molar-refractivity contribution in [1.82, 2.24) is 10.6 Å². The molecule has 3 heteroatoms. The van der Waals surface area contributed by atoms with Gasteiger partial charge in [0.2, 0.25) is 0 Å². The predicted octanol–water partition coefficient (Wildman–Crippen LogP) is 2.62. The molecule has 0 saturated carbocycles. The van der Waals surface area contributed by atoms with Gasteiger partial charge < -0.3 is 16.4 Å². The third-order valence-corrected chi connectivity index (χ3v) is 3.49. The smallest absolute Gasteiger partial charge is 0.0205 e. The van der Waals surface area contributed by atoms with E-state index in [0.717, 1.165) is 39.1 Å². The summed E-state index contributed by atoms with van der Waals surface area (Å²) in [6, 6.07) is 8.93. The second-order valence-corrected chi connectivity index (χ2v) is 5.67. The molecule has 0 saturated heterocycles. The minimum absolute atomic E-state index is 0.613. The number of hydrogen-bond donors (Lipinski definition) is 3. The fourth-order valence-corrected chi connectivity index (χ4v) is 2.11. The third kappa shape index (κ3) is 7.63. The normalized spacial score (nSPS) is 11.2. The van der Waals surface area contributed by atoms with E-state index in [2.05, 4.69) is 48.7 Å². The lowest BCUT2D eigenvalue weighted by Gasteiger charge is -2.08. The maximum Gasteiger partial charge on any atom is 0.0205 e. The van der Waals surface area contributed by atoms with Crippen molar-refractivity contribution in [3.63, 3.8) is 0 Å². The van der Waals surface area contributed by atoms with Crippen molar-refractivity contribution < 1.29 is 0 Å². The molecule has 3 nitrogen and oxygen atoms in total. The number of rotatable bonds is 11. The number of nitrogens with two attached hydrogens (primary N) is 1. The molecule has 0 aliphatic heterocycles. The summed E-state index contributed by atoms with van der Waals surface area (Å²) in [4.78, 5) is 0. The van der Waals surface area contributed by atoms with Gasteiger partial charge in [0.05, 0.1) is 0 Å². The average Bonchev–Trinajstić information content (AvgIpc) is 2.46. The van der Waals surface area contributed by atoms with E-state index in [1.165, 1.54) is 24.0 Å². The van der Waals surface area contributed by atoms with E-state index in [0.29, 0.717) is 5.92 Å². The van der Waals surface area contributed by atoms with Gasteiger partial charge in [0.25, 0.3) is 0 Å². The summed E-state index contributed by atoms with van der Waals surface area (Å²) < 4.78 is 0. The highest BCUT2D eigenvalue weighted by atomic mass is 14.9. The van der Waals surface area contributed by atoms with Gasteiger partial charge in [0.1, 0.15) is 0 Å². The molecule has 0 heterocycles. The number of benzene rings is 1. The van der Waals surface area contributed by atoms with Crippen LogP contribution in [0.1, 0.15) is 50.2 Å². The summed E-state index contributed by atoms with van der Waals surface area (Å²) >= 11 is 0. The van der Waals surface area contributed by atoms with Crippen molar-refractivity contribution in [2.24, 2.45) is 5.73 Å². The first-order valence-corrected chi connectivity index (χ1v) is 7.94. The lowest BCUT2D eigenvalue weighted by Crippen LogP contribution is -2.22. The van der Waals surface area contributed by atoms with Gasteiger partial charge in [-0.3, -0.25) is 0 Å². The van der Waals surface area contributed by atoms with Crippen LogP contribution in [0.4, 0.5) is 0 Å². The van der Waals surface area contributed by atoms with Gasteiger partial charge in [-0.05, 0) is 62.5 Å². The summed E-state index contributed by atoms with van der Waals surface area (Å²) in [5.41, 5.74) is 8.23. The van der Waals surface area contributed by atoms with Gasteiger partial charge in [-0.15, -0.1) is 0 Å². The quantitative estimate of drug-likeness (QED) is 0.545. The molecule has 0 aliphatic rings. The molecule has 0 aliphatic carbocycles. The molecule has 0 bridgehead atoms. The van der Waals surface area contributed by atoms with Crippen LogP contribution in [0.5, 0.6) is 0 Å². The van der Waals surface area contributed by atoms with E-state index in [-0.39, 0.29) is 0 Å². The molecule has 1 rings (SSSR count). The van der Waals surface area contributed by atoms with Gasteiger partial charge in [-0.1, -0.05) is 38.1 Å². The highest BCUT2D eigenvalue weighted by Crippen LogP contribution is 2.14. The van der Waals surface area contributed by atoms with Crippen molar-refractivity contribution in [1.29, 1.82) is 0 Å². The van der Waals surface area contributed by atoms with Crippen LogP contribution in [0.25, 0.3) is 0 Å². The molecule has 0 radical (unpaired) electrons. The predicted molar refractivity (Wildman–Crippen MR) is 88.0 cm³/mol. The average molecular weight is 277 g/mol. The largest absolute Gasteiger partial charge is 0.330 e. The van der Waals surface area contributed by atoms with Crippen molar-refractivity contribution >= 4 is 0 Å². The van der Waals surface area contributed by atoms with E-state index in [1.807, 2.05) is 0 Å². The Morgan fingerprint density at radius 1 is 0.900 bits per heavy atom. The van der Waals surface area contributed by atoms with Crippen LogP contribution in [0.3, 0.4) is 0 Å². The van der Waals surface area contributed by atoms with E-state index in [4.69, 9.17) is 5.73 Å². The molecular formula is C17H31N3. The Hall–Kier alpha value is -0.900. The first-order chi connectivity index (χ1) is 9.74. The molecule has 20 heavy (non-hydrogen) atoms. The highest BCUT2D eigenvalue weighted by Gasteiger charge is 1.98. The van der Waals surface area contributed by atoms with Gasteiger partial charge in [-0.25, -0.2) is 0 Å². The molecule has 0 amide bonds. The second kappa shape index (κ2) is 10.8. The molecule has 1 aromatic rings. The molecule has 0 atom stereocenters. The Morgan fingerprint density at radius 2 is 1.55 bits per heavy atom. The highest BCUT2D eigenvalue weighted by molar-refractivity contribution is 5.24. The van der Waals surface area contributed by atoms with Gasteiger partial charge >= 0.3 is 0 Å². The molecule has 0 fully saturated rings. The molecule has 0 unspecified atom stereocenters. The summed E-state index contributed by atoms with van der Waals surface area (Å²) in [7, 11) is 0. The molecular weight excluding hydrogens is 246 g/mol. The van der Waals surface area contributed by atoms with E-state index in [1.54, 1.807) is 0 Å². The maximum atomic E-state index is 5.45. The maximum absolute atomic E-state index is 5.45. The fraction of sp³-hybridized carbons (Fsp3) is 0.647. The van der Waals surface area contributed by atoms with Gasteiger partial charge in [-0.2, -0.15) is 0 Å². The van der Waals surface area contributed by atoms with Crippen LogP contribution in [-0.4, -0.2) is 26.2 Å². The molecule has 0 spiro atoms. The van der Waals surface area contributed by atoms with Crippen LogP contribution >= 0.6 is 0 Å². The van der Waals surface area contributed by atoms with Gasteiger partial charge in [0, 0.05) is 6.54 Å². The first-order valence-electron chi connectivity index (χ1n) is 7.94. The Kier molecular flexibility index (Phi) is 9.29. The van der Waals surface area contributed by atoms with Crippen LogP contribution in [-0.2, 0) is 6.54 Å². The first kappa shape index (κ1) is 17.2. The zero-order chi connectivity index (χ0) is 14.6. The summed E-state index contributed by atoms with van der Waals surface area (Å²) in [6.45, 7) is 9.47. The molecule has 0 aromatic heterocycles. The molecule has 1 aromatic carbocycles. The minimum Gasteiger partial charge on any atom is -0.330 e. The van der Waals surface area contributed by atoms with Crippen LogP contribution in [0.2, 0.25) is 0 Å². The monoisotopic (exact) mass is 277 g/mol. The van der Waals surface area contributed by atoms with Crippen molar-refractivity contribution in [2.75, 3.05) is 26.2 Å². The Morgan fingerprint density at radius 3 is 2.20 bits per heavy atom.